The molecule has 1 aromatic heterocycles. The molecule has 0 unspecified atom stereocenters. The van der Waals surface area contributed by atoms with E-state index in [2.05, 4.69) is 15.3 Å². The smallest absolute Gasteiger partial charge is 0.419 e. The molecular weight excluding hydrogens is 480 g/mol. The van der Waals surface area contributed by atoms with Gasteiger partial charge in [-0.05, 0) is 44.9 Å². The number of hydrogen-bond donors (Lipinski definition) is 2. The van der Waals surface area contributed by atoms with Gasteiger partial charge in [0.1, 0.15) is 17.5 Å². The van der Waals surface area contributed by atoms with Gasteiger partial charge in [-0.2, -0.15) is 13.2 Å². The van der Waals surface area contributed by atoms with Gasteiger partial charge in [-0.3, -0.25) is 0 Å². The lowest BCUT2D eigenvalue weighted by Crippen LogP contribution is -2.19. The number of methoxy groups -OCH3 is 2. The molecule has 0 aliphatic heterocycles. The Morgan fingerprint density at radius 3 is 2.61 bits per heavy atom. The van der Waals surface area contributed by atoms with Crippen molar-refractivity contribution in [3.8, 4) is 11.5 Å². The maximum Gasteiger partial charge on any atom is 0.419 e. The van der Waals surface area contributed by atoms with Gasteiger partial charge < -0.3 is 25.3 Å². The van der Waals surface area contributed by atoms with Gasteiger partial charge in [0, 0.05) is 35.2 Å². The van der Waals surface area contributed by atoms with Gasteiger partial charge in [-0.25, -0.2) is 14.4 Å². The fourth-order valence-electron chi connectivity index (χ4n) is 3.86. The molecule has 1 fully saturated rings. The van der Waals surface area contributed by atoms with E-state index in [9.17, 15) is 17.6 Å². The van der Waals surface area contributed by atoms with E-state index in [0.29, 0.717) is 18.9 Å². The molecule has 0 saturated heterocycles. The zero-order valence-corrected chi connectivity index (χ0v) is 19.7. The molecule has 0 amide bonds. The number of anilines is 2. The van der Waals surface area contributed by atoms with Crippen LogP contribution < -0.4 is 20.5 Å². The summed E-state index contributed by atoms with van der Waals surface area (Å²) >= 11 is 0. The van der Waals surface area contributed by atoms with Crippen molar-refractivity contribution in [1.82, 2.24) is 9.97 Å². The average Bonchev–Trinajstić information content (AvgIpc) is 3.61. The third-order valence-corrected chi connectivity index (χ3v) is 5.88. The second kappa shape index (κ2) is 9.61. The van der Waals surface area contributed by atoms with Crippen molar-refractivity contribution >= 4 is 22.4 Å². The summed E-state index contributed by atoms with van der Waals surface area (Å²) in [6.45, 7) is 0.689. The van der Waals surface area contributed by atoms with E-state index in [1.54, 1.807) is 0 Å². The number of nitrogens with two attached hydrogens (primary N) is 1. The third-order valence-electron chi connectivity index (χ3n) is 5.88. The van der Waals surface area contributed by atoms with Gasteiger partial charge in [0.2, 0.25) is 0 Å². The van der Waals surface area contributed by atoms with E-state index in [0.717, 1.165) is 6.07 Å². The Bertz CT molecular complexity index is 1470. The molecule has 194 valence electrons. The number of fused-ring (bicyclic) bond motifs is 1. The summed E-state index contributed by atoms with van der Waals surface area (Å²) in [5.74, 6) is -1.86. The standard InChI is InChI=1S/C25H28F4N4O3/c1-13(16-7-15(30)8-18(22(16)26)25(27,28)29)31-23-17-9-21(36-12-24(5-6-24)11-34-3)20(35-4)10-19(17)32-14(2)33-23/h7-10,13H,5-6,11-12,30H2,1-4H3,(H,31,32,33)/t13-/m1/s1/i4D3,12D2. The number of nitrogens with one attached hydrogen (secondary N) is 1. The molecule has 1 atom stereocenters. The first kappa shape index (κ1) is 19.8. The van der Waals surface area contributed by atoms with Gasteiger partial charge in [0.05, 0.1) is 44.2 Å². The molecule has 36 heavy (non-hydrogen) atoms. The van der Waals surface area contributed by atoms with Crippen molar-refractivity contribution in [2.45, 2.75) is 38.9 Å². The van der Waals surface area contributed by atoms with Crippen LogP contribution in [0, 0.1) is 18.2 Å². The zero-order valence-electron chi connectivity index (χ0n) is 24.7. The first-order valence-corrected chi connectivity index (χ1v) is 11.0. The maximum absolute atomic E-state index is 14.9. The van der Waals surface area contributed by atoms with Gasteiger partial charge in [0.25, 0.3) is 0 Å². The van der Waals surface area contributed by atoms with Crippen LogP contribution in [0.25, 0.3) is 10.9 Å². The third kappa shape index (κ3) is 5.25. The Kier molecular flexibility index (Phi) is 5.28. The Morgan fingerprint density at radius 1 is 1.22 bits per heavy atom. The molecule has 3 aromatic rings. The average molecular weight is 514 g/mol. The number of halogens is 4. The SMILES string of the molecule is [2H]C([2H])([2H])Oc1cc2nc(C)nc(N[C@H](C)c3cc(N)cc(C(F)(F)F)c3F)c2cc1OC([2H])([2H])C1(COC)CC1. The van der Waals surface area contributed by atoms with Crippen LogP contribution in [0.2, 0.25) is 0 Å². The fraction of sp³-hybridized carbons (Fsp3) is 0.440. The van der Waals surface area contributed by atoms with Crippen molar-refractivity contribution in [2.75, 3.05) is 38.4 Å². The van der Waals surface area contributed by atoms with E-state index in [1.165, 1.54) is 33.1 Å². The van der Waals surface area contributed by atoms with E-state index in [-0.39, 0.29) is 51.9 Å². The second-order valence-electron chi connectivity index (χ2n) is 8.79. The van der Waals surface area contributed by atoms with E-state index < -0.39 is 42.6 Å². The lowest BCUT2D eigenvalue weighted by molar-refractivity contribution is -0.140. The normalized spacial score (nSPS) is 18.4. The van der Waals surface area contributed by atoms with Crippen molar-refractivity contribution in [1.29, 1.82) is 0 Å². The summed E-state index contributed by atoms with van der Waals surface area (Å²) in [7, 11) is -1.49. The summed E-state index contributed by atoms with van der Waals surface area (Å²) in [5, 5.41) is 3.06. The summed E-state index contributed by atoms with van der Waals surface area (Å²) < 4.78 is 111. The minimum absolute atomic E-state index is 0.0410. The Balaban J connectivity index is 1.81. The van der Waals surface area contributed by atoms with Crippen LogP contribution in [0.3, 0.4) is 0 Å². The minimum Gasteiger partial charge on any atom is -0.493 e. The highest BCUT2D eigenvalue weighted by atomic mass is 19.4. The molecule has 3 N–H and O–H groups in total. The van der Waals surface area contributed by atoms with Crippen LogP contribution >= 0.6 is 0 Å². The minimum atomic E-state index is -4.97. The molecule has 1 heterocycles. The van der Waals surface area contributed by atoms with E-state index in [4.69, 9.17) is 26.8 Å². The summed E-state index contributed by atoms with van der Waals surface area (Å²) in [5.41, 5.74) is 2.65. The van der Waals surface area contributed by atoms with Gasteiger partial charge >= 0.3 is 6.18 Å². The number of hydrogen-bond acceptors (Lipinski definition) is 7. The Hall–Kier alpha value is -3.34. The quantitative estimate of drug-likeness (QED) is 0.282. The molecular formula is C25H28F4N4O3. The predicted octanol–water partition coefficient (Wildman–Crippen LogP) is 5.67. The summed E-state index contributed by atoms with van der Waals surface area (Å²) in [4.78, 5) is 8.59. The number of nitrogen functional groups attached to an aromatic ring is 1. The van der Waals surface area contributed by atoms with E-state index in [1.807, 2.05) is 0 Å². The van der Waals surface area contributed by atoms with Crippen molar-refractivity contribution < 1.29 is 38.6 Å². The zero-order chi connectivity index (χ0) is 30.5. The number of aryl methyl sites for hydroxylation is 1. The molecule has 4 rings (SSSR count). The van der Waals surface area contributed by atoms with Crippen LogP contribution in [0.1, 0.15) is 49.6 Å². The molecule has 0 bridgehead atoms. The van der Waals surface area contributed by atoms with Crippen LogP contribution in [0.15, 0.2) is 24.3 Å². The molecule has 1 saturated carbocycles. The fourth-order valence-corrected chi connectivity index (χ4v) is 3.86. The van der Waals surface area contributed by atoms with Gasteiger partial charge in [-0.15, -0.1) is 0 Å². The van der Waals surface area contributed by atoms with Crippen molar-refractivity contribution in [3.05, 3.63) is 47.0 Å². The molecule has 0 radical (unpaired) electrons. The largest absolute Gasteiger partial charge is 0.493 e. The number of nitrogens with zero attached hydrogens (tertiary/aromatic N) is 2. The molecule has 1 aliphatic rings. The molecule has 11 heteroatoms. The van der Waals surface area contributed by atoms with Crippen LogP contribution in [-0.2, 0) is 10.9 Å². The summed E-state index contributed by atoms with van der Waals surface area (Å²) in [6, 6.07) is 3.01. The molecule has 7 nitrogen and oxygen atoms in total. The monoisotopic (exact) mass is 513 g/mol. The number of alkyl halides is 3. The number of ether oxygens (including phenoxy) is 3. The number of rotatable bonds is 9. The first-order valence-electron chi connectivity index (χ1n) is 13.5. The molecule has 0 spiro atoms. The Labute approximate surface area is 213 Å². The van der Waals surface area contributed by atoms with Crippen molar-refractivity contribution in [3.63, 3.8) is 0 Å². The highest BCUT2D eigenvalue weighted by Gasteiger charge is 2.44. The van der Waals surface area contributed by atoms with Crippen LogP contribution in [0.4, 0.5) is 29.1 Å². The topological polar surface area (TPSA) is 91.5 Å². The summed E-state index contributed by atoms with van der Waals surface area (Å²) in [6.07, 6.45) is -4.04. The highest BCUT2D eigenvalue weighted by molar-refractivity contribution is 5.92. The highest BCUT2D eigenvalue weighted by Crippen LogP contribution is 2.47. The number of aromatic nitrogens is 2. The molecule has 1 aliphatic carbocycles. The second-order valence-corrected chi connectivity index (χ2v) is 8.79. The van der Waals surface area contributed by atoms with Gasteiger partial charge in [-0.1, -0.05) is 0 Å². The van der Waals surface area contributed by atoms with Crippen LogP contribution in [-0.4, -0.2) is 37.3 Å². The predicted molar refractivity (Wildman–Crippen MR) is 128 cm³/mol. The van der Waals surface area contributed by atoms with Crippen LogP contribution in [0.5, 0.6) is 11.5 Å². The van der Waals surface area contributed by atoms with Gasteiger partial charge in [0.15, 0.2) is 11.5 Å². The van der Waals surface area contributed by atoms with E-state index >= 15 is 0 Å². The lowest BCUT2D eigenvalue weighted by Gasteiger charge is -2.21. The first-order chi connectivity index (χ1) is 18.9. The Morgan fingerprint density at radius 2 is 1.97 bits per heavy atom. The maximum atomic E-state index is 14.9. The lowest BCUT2D eigenvalue weighted by atomic mass is 10.0. The van der Waals surface area contributed by atoms with Crippen molar-refractivity contribution in [2.24, 2.45) is 5.41 Å². The molecule has 2 aromatic carbocycles. The number of benzene rings is 2.